The van der Waals surface area contributed by atoms with Crippen LogP contribution in [-0.4, -0.2) is 0 Å². The summed E-state index contributed by atoms with van der Waals surface area (Å²) in [6.45, 7) is 0. The third-order valence-corrected chi connectivity index (χ3v) is 4.54. The largest absolute Gasteiger partial charge is 0.429 e. The predicted molar refractivity (Wildman–Crippen MR) is 108 cm³/mol. The zero-order chi connectivity index (χ0) is 19.4. The van der Waals surface area contributed by atoms with Gasteiger partial charge in [-0.3, -0.25) is 0 Å². The Hall–Kier alpha value is -3.46. The van der Waals surface area contributed by atoms with Crippen molar-refractivity contribution in [3.63, 3.8) is 0 Å². The number of halogens is 2. The third-order valence-electron chi connectivity index (χ3n) is 4.54. The second-order valence-electron chi connectivity index (χ2n) is 6.45. The van der Waals surface area contributed by atoms with E-state index in [1.165, 1.54) is 24.3 Å². The highest BCUT2D eigenvalue weighted by Crippen LogP contribution is 2.33. The van der Waals surface area contributed by atoms with E-state index >= 15 is 0 Å². The van der Waals surface area contributed by atoms with Crippen molar-refractivity contribution in [1.29, 1.82) is 0 Å². The Kier molecular flexibility index (Phi) is 4.90. The third kappa shape index (κ3) is 3.94. The van der Waals surface area contributed by atoms with Gasteiger partial charge in [0.25, 0.3) is 0 Å². The van der Waals surface area contributed by atoms with Crippen molar-refractivity contribution in [2.75, 3.05) is 0 Å². The number of hydrogen-bond acceptors (Lipinski definition) is 1. The highest BCUT2D eigenvalue weighted by Gasteiger charge is 2.34. The van der Waals surface area contributed by atoms with Crippen LogP contribution in [0.2, 0.25) is 0 Å². The highest BCUT2D eigenvalue weighted by molar-refractivity contribution is 5.70. The molecule has 3 heteroatoms. The maximum Gasteiger partial charge on any atom is 0.426 e. The summed E-state index contributed by atoms with van der Waals surface area (Å²) < 4.78 is 33.7. The smallest absolute Gasteiger partial charge is 0.426 e. The zero-order valence-electron chi connectivity index (χ0n) is 15.1. The Balaban J connectivity index is 1.53. The molecule has 0 bridgehead atoms. The lowest BCUT2D eigenvalue weighted by atomic mass is 9.99. The molecule has 4 aromatic rings. The van der Waals surface area contributed by atoms with Crippen LogP contribution >= 0.6 is 0 Å². The van der Waals surface area contributed by atoms with E-state index in [4.69, 9.17) is 4.74 Å². The summed E-state index contributed by atoms with van der Waals surface area (Å²) in [6, 6.07) is 32.4. The van der Waals surface area contributed by atoms with Crippen molar-refractivity contribution in [1.82, 2.24) is 0 Å². The van der Waals surface area contributed by atoms with Crippen LogP contribution in [0.15, 0.2) is 109 Å². The zero-order valence-corrected chi connectivity index (χ0v) is 15.1. The molecule has 1 nitrogen and oxygen atoms in total. The lowest BCUT2D eigenvalue weighted by Gasteiger charge is -2.18. The van der Waals surface area contributed by atoms with Gasteiger partial charge in [-0.25, -0.2) is 0 Å². The molecule has 0 atom stereocenters. The van der Waals surface area contributed by atoms with Gasteiger partial charge in [-0.05, 0) is 46.5 Å². The van der Waals surface area contributed by atoms with E-state index in [0.717, 1.165) is 22.3 Å². The number of hydrogen-bond donors (Lipinski definition) is 0. The fraction of sp³-hybridized carbons (Fsp3) is 0.0400. The standard InChI is InChI=1S/C25H18F2O/c26-25(27,28-24-9-5-2-6-10-24)23-17-15-22(16-18-23)21-13-11-20(12-14-21)19-7-3-1-4-8-19/h1-18H. The van der Waals surface area contributed by atoms with Crippen LogP contribution < -0.4 is 4.74 Å². The monoisotopic (exact) mass is 372 g/mol. The molecule has 0 amide bonds. The van der Waals surface area contributed by atoms with E-state index in [2.05, 4.69) is 12.1 Å². The van der Waals surface area contributed by atoms with Gasteiger partial charge in [0, 0.05) is 0 Å². The van der Waals surface area contributed by atoms with Gasteiger partial charge in [0.2, 0.25) is 0 Å². The van der Waals surface area contributed by atoms with Crippen LogP contribution in [0.25, 0.3) is 22.3 Å². The van der Waals surface area contributed by atoms with Crippen LogP contribution in [0.1, 0.15) is 5.56 Å². The molecule has 0 fully saturated rings. The lowest BCUT2D eigenvalue weighted by molar-refractivity contribution is -0.185. The SMILES string of the molecule is FC(F)(Oc1ccccc1)c1ccc(-c2ccc(-c3ccccc3)cc2)cc1. The molecule has 4 aromatic carbocycles. The molecule has 0 heterocycles. The number of para-hydroxylation sites is 1. The number of ether oxygens (including phenoxy) is 1. The first-order chi connectivity index (χ1) is 13.6. The van der Waals surface area contributed by atoms with E-state index < -0.39 is 6.11 Å². The molecule has 0 aliphatic rings. The van der Waals surface area contributed by atoms with Gasteiger partial charge in [0.15, 0.2) is 0 Å². The van der Waals surface area contributed by atoms with Gasteiger partial charge < -0.3 is 4.74 Å². The average Bonchev–Trinajstić information content (AvgIpc) is 2.75. The molecule has 0 aliphatic heterocycles. The normalized spacial score (nSPS) is 11.2. The van der Waals surface area contributed by atoms with Crippen molar-refractivity contribution in [2.45, 2.75) is 6.11 Å². The summed E-state index contributed by atoms with van der Waals surface area (Å²) in [5, 5.41) is 0. The Morgan fingerprint density at radius 2 is 0.857 bits per heavy atom. The van der Waals surface area contributed by atoms with Crippen molar-refractivity contribution in [3.05, 3.63) is 115 Å². The topological polar surface area (TPSA) is 9.23 Å². The van der Waals surface area contributed by atoms with E-state index in [0.29, 0.717) is 0 Å². The van der Waals surface area contributed by atoms with Crippen LogP contribution in [0.5, 0.6) is 5.75 Å². The molecule has 0 spiro atoms. The average molecular weight is 372 g/mol. The molecular weight excluding hydrogens is 354 g/mol. The number of benzene rings is 4. The predicted octanol–water partition coefficient (Wildman–Crippen LogP) is 7.15. The first-order valence-electron chi connectivity index (χ1n) is 9.00. The minimum Gasteiger partial charge on any atom is -0.429 e. The highest BCUT2D eigenvalue weighted by atomic mass is 19.3. The Morgan fingerprint density at radius 1 is 0.464 bits per heavy atom. The van der Waals surface area contributed by atoms with Crippen LogP contribution in [0, 0.1) is 0 Å². The molecule has 0 aromatic heterocycles. The molecule has 0 aliphatic carbocycles. The summed E-state index contributed by atoms with van der Waals surface area (Å²) in [5.41, 5.74) is 3.92. The van der Waals surface area contributed by atoms with Gasteiger partial charge in [-0.2, -0.15) is 8.78 Å². The minimum absolute atomic E-state index is 0.132. The van der Waals surface area contributed by atoms with Gasteiger partial charge in [0.1, 0.15) is 5.75 Å². The van der Waals surface area contributed by atoms with Crippen molar-refractivity contribution < 1.29 is 13.5 Å². The van der Waals surface area contributed by atoms with E-state index in [1.54, 1.807) is 30.3 Å². The van der Waals surface area contributed by atoms with Gasteiger partial charge >= 0.3 is 6.11 Å². The minimum atomic E-state index is -3.39. The Bertz CT molecular complexity index is 1030. The van der Waals surface area contributed by atoms with E-state index in [9.17, 15) is 8.78 Å². The number of alkyl halides is 2. The molecule has 0 radical (unpaired) electrons. The Morgan fingerprint density at radius 3 is 1.36 bits per heavy atom. The van der Waals surface area contributed by atoms with Crippen LogP contribution in [0.3, 0.4) is 0 Å². The molecule has 0 N–H and O–H groups in total. The molecule has 0 unspecified atom stereocenters. The van der Waals surface area contributed by atoms with Gasteiger partial charge in [-0.1, -0.05) is 84.9 Å². The maximum atomic E-state index is 14.4. The molecule has 138 valence electrons. The second kappa shape index (κ2) is 7.65. The fourth-order valence-electron chi connectivity index (χ4n) is 3.04. The molecule has 0 saturated heterocycles. The molecule has 4 rings (SSSR count). The van der Waals surface area contributed by atoms with Crippen LogP contribution in [0.4, 0.5) is 8.78 Å². The first kappa shape index (κ1) is 17.9. The number of rotatable bonds is 5. The fourth-order valence-corrected chi connectivity index (χ4v) is 3.04. The van der Waals surface area contributed by atoms with Crippen molar-refractivity contribution >= 4 is 0 Å². The van der Waals surface area contributed by atoms with E-state index in [1.807, 2.05) is 42.5 Å². The van der Waals surface area contributed by atoms with Crippen LogP contribution in [-0.2, 0) is 6.11 Å². The molecular formula is C25H18F2O. The Labute approximate surface area is 162 Å². The second-order valence-corrected chi connectivity index (χ2v) is 6.45. The molecule has 0 saturated carbocycles. The summed E-state index contributed by atoms with van der Waals surface area (Å²) in [7, 11) is 0. The van der Waals surface area contributed by atoms with E-state index in [-0.39, 0.29) is 11.3 Å². The summed E-state index contributed by atoms with van der Waals surface area (Å²) in [4.78, 5) is 0. The lowest BCUT2D eigenvalue weighted by Crippen LogP contribution is -2.21. The van der Waals surface area contributed by atoms with Gasteiger partial charge in [-0.15, -0.1) is 0 Å². The summed E-state index contributed by atoms with van der Waals surface area (Å²) in [6.07, 6.45) is -3.39. The van der Waals surface area contributed by atoms with Crippen molar-refractivity contribution in [3.8, 4) is 28.0 Å². The van der Waals surface area contributed by atoms with Gasteiger partial charge in [0.05, 0.1) is 5.56 Å². The maximum absolute atomic E-state index is 14.4. The summed E-state index contributed by atoms with van der Waals surface area (Å²) in [5.74, 6) is 0.132. The van der Waals surface area contributed by atoms with Crippen molar-refractivity contribution in [2.24, 2.45) is 0 Å². The molecule has 28 heavy (non-hydrogen) atoms. The quantitative estimate of drug-likeness (QED) is 0.361. The summed E-state index contributed by atoms with van der Waals surface area (Å²) >= 11 is 0. The first-order valence-corrected chi connectivity index (χ1v) is 9.00.